The van der Waals surface area contributed by atoms with Crippen LogP contribution in [-0.4, -0.2) is 31.1 Å². The minimum absolute atomic E-state index is 0.0504. The summed E-state index contributed by atoms with van der Waals surface area (Å²) in [5, 5.41) is 0.172. The van der Waals surface area contributed by atoms with Crippen LogP contribution in [0.5, 0.6) is 0 Å². The molecule has 0 N–H and O–H groups in total. The van der Waals surface area contributed by atoms with Crippen molar-refractivity contribution in [3.8, 4) is 0 Å². The predicted molar refractivity (Wildman–Crippen MR) is 89.1 cm³/mol. The van der Waals surface area contributed by atoms with Crippen molar-refractivity contribution >= 4 is 27.4 Å². The number of ketones is 1. The smallest absolute Gasteiger partial charge is 0.245 e. The lowest BCUT2D eigenvalue weighted by atomic mass is 10.0. The number of hydrogen-bond donors (Lipinski definition) is 0. The average molecular weight is 350 g/mol. The molecule has 1 aliphatic heterocycles. The van der Waals surface area contributed by atoms with Gasteiger partial charge in [-0.15, -0.1) is 0 Å². The minimum atomic E-state index is -3.79. The molecule has 0 saturated carbocycles. The Morgan fingerprint density at radius 2 is 1.70 bits per heavy atom. The third-order valence-corrected chi connectivity index (χ3v) is 6.40. The Morgan fingerprint density at radius 1 is 1.04 bits per heavy atom. The highest BCUT2D eigenvalue weighted by atomic mass is 35.5. The first-order valence-electron chi connectivity index (χ1n) is 7.37. The van der Waals surface area contributed by atoms with Gasteiger partial charge in [-0.1, -0.05) is 54.1 Å². The Kier molecular flexibility index (Phi) is 4.53. The zero-order chi connectivity index (χ0) is 16.4. The summed E-state index contributed by atoms with van der Waals surface area (Å²) < 4.78 is 27.1. The molecule has 1 atom stereocenters. The SMILES string of the molecule is O=C(c1ccccc1)C1CCCN1S(=O)(=O)c1ccccc1Cl. The van der Waals surface area contributed by atoms with Crippen LogP contribution in [0.25, 0.3) is 0 Å². The lowest BCUT2D eigenvalue weighted by Crippen LogP contribution is -2.40. The molecular weight excluding hydrogens is 334 g/mol. The molecule has 0 amide bonds. The largest absolute Gasteiger partial charge is 0.292 e. The van der Waals surface area contributed by atoms with Gasteiger partial charge in [0.25, 0.3) is 0 Å². The van der Waals surface area contributed by atoms with Crippen molar-refractivity contribution in [1.82, 2.24) is 4.31 Å². The van der Waals surface area contributed by atoms with E-state index < -0.39 is 16.1 Å². The molecule has 1 saturated heterocycles. The maximum atomic E-state index is 12.9. The summed E-state index contributed by atoms with van der Waals surface area (Å²) >= 11 is 6.04. The summed E-state index contributed by atoms with van der Waals surface area (Å²) in [5.41, 5.74) is 0.527. The third kappa shape index (κ3) is 3.04. The van der Waals surface area contributed by atoms with Crippen molar-refractivity contribution in [1.29, 1.82) is 0 Å². The van der Waals surface area contributed by atoms with Crippen LogP contribution in [0.4, 0.5) is 0 Å². The highest BCUT2D eigenvalue weighted by Gasteiger charge is 2.40. The van der Waals surface area contributed by atoms with Crippen molar-refractivity contribution < 1.29 is 13.2 Å². The van der Waals surface area contributed by atoms with Crippen LogP contribution in [0.15, 0.2) is 59.5 Å². The van der Waals surface area contributed by atoms with Crippen LogP contribution in [0.1, 0.15) is 23.2 Å². The molecule has 0 spiro atoms. The summed E-state index contributed by atoms with van der Waals surface area (Å²) in [6, 6.07) is 14.4. The van der Waals surface area contributed by atoms with Gasteiger partial charge < -0.3 is 0 Å². The van der Waals surface area contributed by atoms with Crippen LogP contribution < -0.4 is 0 Å². The Hall–Kier alpha value is -1.69. The molecule has 2 aromatic rings. The first-order chi connectivity index (χ1) is 11.0. The summed E-state index contributed by atoms with van der Waals surface area (Å²) in [6.45, 7) is 0.330. The van der Waals surface area contributed by atoms with E-state index in [2.05, 4.69) is 0 Å². The zero-order valence-electron chi connectivity index (χ0n) is 12.4. The molecule has 3 rings (SSSR count). The van der Waals surface area contributed by atoms with Gasteiger partial charge in [0.2, 0.25) is 10.0 Å². The van der Waals surface area contributed by atoms with Crippen molar-refractivity contribution in [3.63, 3.8) is 0 Å². The van der Waals surface area contributed by atoms with Crippen LogP contribution in [-0.2, 0) is 10.0 Å². The standard InChI is InChI=1S/C17H16ClNO3S/c18-14-9-4-5-11-16(14)23(21,22)19-12-6-10-15(19)17(20)13-7-2-1-3-8-13/h1-5,7-9,11,15H,6,10,12H2. The van der Waals surface area contributed by atoms with Crippen molar-refractivity contribution in [2.75, 3.05) is 6.54 Å². The lowest BCUT2D eigenvalue weighted by molar-refractivity contribution is 0.0918. The Balaban J connectivity index is 1.96. The van der Waals surface area contributed by atoms with Crippen LogP contribution in [0.3, 0.4) is 0 Å². The number of nitrogens with zero attached hydrogens (tertiary/aromatic N) is 1. The average Bonchev–Trinajstić information content (AvgIpc) is 3.05. The second-order valence-electron chi connectivity index (χ2n) is 5.43. The van der Waals surface area contributed by atoms with E-state index in [9.17, 15) is 13.2 Å². The number of Topliss-reactive ketones (excluding diaryl/α,β-unsaturated/α-hetero) is 1. The van der Waals surface area contributed by atoms with Gasteiger partial charge in [-0.2, -0.15) is 4.31 Å². The number of halogens is 1. The van der Waals surface area contributed by atoms with Crippen LogP contribution in [0.2, 0.25) is 5.02 Å². The first kappa shape index (κ1) is 16.2. The fraction of sp³-hybridized carbons (Fsp3) is 0.235. The molecule has 120 valence electrons. The fourth-order valence-corrected chi connectivity index (χ4v) is 5.02. The molecule has 0 aliphatic carbocycles. The number of carbonyl (C=O) groups excluding carboxylic acids is 1. The number of benzene rings is 2. The van der Waals surface area contributed by atoms with Crippen LogP contribution in [0, 0.1) is 0 Å². The van der Waals surface area contributed by atoms with Gasteiger partial charge >= 0.3 is 0 Å². The molecule has 0 aromatic heterocycles. The molecule has 6 heteroatoms. The Labute approximate surface area is 140 Å². The minimum Gasteiger partial charge on any atom is -0.292 e. The van der Waals surface area contributed by atoms with Crippen molar-refractivity contribution in [2.24, 2.45) is 0 Å². The predicted octanol–water partition coefficient (Wildman–Crippen LogP) is 3.38. The van der Waals surface area contributed by atoms with E-state index in [-0.39, 0.29) is 15.7 Å². The topological polar surface area (TPSA) is 54.5 Å². The number of sulfonamides is 1. The maximum Gasteiger partial charge on any atom is 0.245 e. The Morgan fingerprint density at radius 3 is 2.39 bits per heavy atom. The van der Waals surface area contributed by atoms with Gasteiger partial charge in [-0.3, -0.25) is 4.79 Å². The monoisotopic (exact) mass is 349 g/mol. The quantitative estimate of drug-likeness (QED) is 0.795. The van der Waals surface area contributed by atoms with E-state index in [1.165, 1.54) is 10.4 Å². The van der Waals surface area contributed by atoms with Crippen molar-refractivity contribution in [3.05, 3.63) is 65.2 Å². The van der Waals surface area contributed by atoms with Crippen molar-refractivity contribution in [2.45, 2.75) is 23.8 Å². The maximum absolute atomic E-state index is 12.9. The normalized spacial score (nSPS) is 18.9. The van der Waals surface area contributed by atoms with Gasteiger partial charge in [-0.05, 0) is 25.0 Å². The van der Waals surface area contributed by atoms with E-state index in [1.54, 1.807) is 42.5 Å². The molecule has 1 aliphatic rings. The van der Waals surface area contributed by atoms with Gasteiger partial charge in [0.1, 0.15) is 4.90 Å². The Bertz CT molecular complexity index is 821. The highest BCUT2D eigenvalue weighted by Crippen LogP contribution is 2.31. The number of carbonyl (C=O) groups is 1. The van der Waals surface area contributed by atoms with E-state index in [0.29, 0.717) is 24.9 Å². The van der Waals surface area contributed by atoms with E-state index in [4.69, 9.17) is 11.6 Å². The lowest BCUT2D eigenvalue weighted by Gasteiger charge is -2.23. The molecule has 2 aromatic carbocycles. The number of rotatable bonds is 4. The highest BCUT2D eigenvalue weighted by molar-refractivity contribution is 7.89. The molecule has 1 heterocycles. The molecule has 1 fully saturated rings. The van der Waals surface area contributed by atoms with Gasteiger partial charge in [0, 0.05) is 12.1 Å². The van der Waals surface area contributed by atoms with E-state index in [0.717, 1.165) is 0 Å². The van der Waals surface area contributed by atoms with Gasteiger partial charge in [-0.25, -0.2) is 8.42 Å². The summed E-state index contributed by atoms with van der Waals surface area (Å²) in [7, 11) is -3.79. The number of hydrogen-bond acceptors (Lipinski definition) is 3. The zero-order valence-corrected chi connectivity index (χ0v) is 13.9. The second kappa shape index (κ2) is 6.43. The molecule has 23 heavy (non-hydrogen) atoms. The van der Waals surface area contributed by atoms with Crippen LogP contribution >= 0.6 is 11.6 Å². The summed E-state index contributed by atoms with van der Waals surface area (Å²) in [6.07, 6.45) is 1.18. The molecule has 0 bridgehead atoms. The van der Waals surface area contributed by atoms with E-state index >= 15 is 0 Å². The summed E-state index contributed by atoms with van der Waals surface area (Å²) in [4.78, 5) is 12.7. The third-order valence-electron chi connectivity index (χ3n) is 3.99. The fourth-order valence-electron chi connectivity index (χ4n) is 2.86. The molecule has 0 radical (unpaired) electrons. The molecule has 4 nitrogen and oxygen atoms in total. The summed E-state index contributed by atoms with van der Waals surface area (Å²) in [5.74, 6) is -0.168. The molecule has 1 unspecified atom stereocenters. The first-order valence-corrected chi connectivity index (χ1v) is 9.19. The van der Waals surface area contributed by atoms with Gasteiger partial charge in [0.15, 0.2) is 5.78 Å². The van der Waals surface area contributed by atoms with E-state index in [1.807, 2.05) is 6.07 Å². The second-order valence-corrected chi connectivity index (χ2v) is 7.70. The molecular formula is C17H16ClNO3S. The van der Waals surface area contributed by atoms with Gasteiger partial charge in [0.05, 0.1) is 11.1 Å².